The van der Waals surface area contributed by atoms with Crippen LogP contribution in [0, 0.1) is 17.1 Å². The molecule has 0 atom stereocenters. The quantitative estimate of drug-likeness (QED) is 0.640. The summed E-state index contributed by atoms with van der Waals surface area (Å²) in [4.78, 5) is 0. The number of nitriles is 1. The zero-order valence-corrected chi connectivity index (χ0v) is 8.99. The van der Waals surface area contributed by atoms with Crippen LogP contribution in [0.25, 0.3) is 0 Å². The molecule has 0 aliphatic heterocycles. The summed E-state index contributed by atoms with van der Waals surface area (Å²) in [6, 6.07) is 2.06. The fraction of sp³-hybridized carbons (Fsp3) is 0.125. The Hall–Kier alpha value is -1.49. The number of nitrogens with zero attached hydrogens (tertiary/aromatic N) is 1. The molecule has 0 spiro atoms. The van der Waals surface area contributed by atoms with Crippen LogP contribution in [0.2, 0.25) is 0 Å². The number of nitrogen functional groups attached to an aromatic ring is 1. The van der Waals surface area contributed by atoms with Crippen molar-refractivity contribution < 1.29 is 22.3 Å². The van der Waals surface area contributed by atoms with Crippen LogP contribution in [0.1, 0.15) is 5.56 Å². The molecule has 0 saturated carbocycles. The van der Waals surface area contributed by atoms with Gasteiger partial charge in [0.1, 0.15) is 11.6 Å². The van der Waals surface area contributed by atoms with Crippen molar-refractivity contribution in [3.63, 3.8) is 0 Å². The molecule has 0 aliphatic carbocycles. The molecule has 2 N–H and O–H groups in total. The number of benzene rings is 1. The van der Waals surface area contributed by atoms with Crippen molar-refractivity contribution in [3.05, 3.63) is 21.9 Å². The molecule has 1 aromatic carbocycles. The van der Waals surface area contributed by atoms with Gasteiger partial charge in [-0.05, 0) is 22.0 Å². The lowest BCUT2D eigenvalue weighted by Crippen LogP contribution is -2.18. The van der Waals surface area contributed by atoms with E-state index in [1.165, 1.54) is 6.07 Å². The van der Waals surface area contributed by atoms with E-state index < -0.39 is 29.2 Å². The summed E-state index contributed by atoms with van der Waals surface area (Å²) in [5.74, 6) is -1.85. The molecule has 0 aromatic heterocycles. The minimum absolute atomic E-state index is 0.336. The molecular formula is C8H3BrF4N2O. The van der Waals surface area contributed by atoms with Crippen LogP contribution in [0.4, 0.5) is 23.2 Å². The number of anilines is 1. The fourth-order valence-electron chi connectivity index (χ4n) is 0.935. The van der Waals surface area contributed by atoms with Gasteiger partial charge < -0.3 is 10.5 Å². The number of halogens is 5. The van der Waals surface area contributed by atoms with Gasteiger partial charge in [-0.3, -0.25) is 0 Å². The van der Waals surface area contributed by atoms with Gasteiger partial charge in [0, 0.05) is 0 Å². The van der Waals surface area contributed by atoms with Crippen LogP contribution in [0.3, 0.4) is 0 Å². The maximum Gasteiger partial charge on any atom is 0.573 e. The monoisotopic (exact) mass is 298 g/mol. The third kappa shape index (κ3) is 2.55. The van der Waals surface area contributed by atoms with Crippen LogP contribution in [0.5, 0.6) is 5.75 Å². The van der Waals surface area contributed by atoms with E-state index in [1.807, 2.05) is 0 Å². The second-order valence-electron chi connectivity index (χ2n) is 2.62. The SMILES string of the molecule is N#Cc1c(N)c(OC(F)(F)F)cc(Br)c1F. The van der Waals surface area contributed by atoms with Crippen molar-refractivity contribution in [1.82, 2.24) is 0 Å². The lowest BCUT2D eigenvalue weighted by atomic mass is 10.1. The second kappa shape index (κ2) is 4.17. The van der Waals surface area contributed by atoms with Gasteiger partial charge in [0.25, 0.3) is 0 Å². The van der Waals surface area contributed by atoms with Crippen LogP contribution >= 0.6 is 15.9 Å². The molecule has 0 aliphatic rings. The van der Waals surface area contributed by atoms with Gasteiger partial charge in [0.05, 0.1) is 10.2 Å². The number of ether oxygens (including phenoxy) is 1. The number of alkyl halides is 3. The second-order valence-corrected chi connectivity index (χ2v) is 3.47. The molecule has 0 saturated heterocycles. The number of hydrogen-bond donors (Lipinski definition) is 1. The maximum atomic E-state index is 13.2. The highest BCUT2D eigenvalue weighted by molar-refractivity contribution is 9.10. The molecule has 0 amide bonds. The van der Waals surface area contributed by atoms with Gasteiger partial charge in [0.15, 0.2) is 11.6 Å². The normalized spacial score (nSPS) is 11.0. The summed E-state index contributed by atoms with van der Waals surface area (Å²) in [7, 11) is 0. The Balaban J connectivity index is 3.33. The zero-order chi connectivity index (χ0) is 12.5. The third-order valence-corrected chi connectivity index (χ3v) is 2.14. The molecule has 0 unspecified atom stereocenters. The molecule has 0 fully saturated rings. The molecule has 16 heavy (non-hydrogen) atoms. The zero-order valence-electron chi connectivity index (χ0n) is 7.40. The Labute approximate surface area is 95.5 Å². The lowest BCUT2D eigenvalue weighted by Gasteiger charge is -2.12. The molecule has 0 radical (unpaired) electrons. The standard InChI is InChI=1S/C8H3BrF4N2O/c9-4-1-5(16-8(11,12)13)7(15)3(2-14)6(4)10/h1H,15H2. The van der Waals surface area contributed by atoms with Crippen LogP contribution in [-0.4, -0.2) is 6.36 Å². The van der Waals surface area contributed by atoms with Crippen molar-refractivity contribution in [1.29, 1.82) is 5.26 Å². The van der Waals surface area contributed by atoms with E-state index in [1.54, 1.807) is 0 Å². The summed E-state index contributed by atoms with van der Waals surface area (Å²) in [6.07, 6.45) is -4.96. The predicted octanol–water partition coefficient (Wildman–Crippen LogP) is 2.94. The Morgan fingerprint density at radius 2 is 2.00 bits per heavy atom. The van der Waals surface area contributed by atoms with E-state index in [0.29, 0.717) is 6.07 Å². The number of hydrogen-bond acceptors (Lipinski definition) is 3. The van der Waals surface area contributed by atoms with E-state index in [4.69, 9.17) is 11.0 Å². The first-order valence-corrected chi connectivity index (χ1v) is 4.49. The molecular weight excluding hydrogens is 296 g/mol. The molecule has 0 bridgehead atoms. The summed E-state index contributed by atoms with van der Waals surface area (Å²) in [6.45, 7) is 0. The summed E-state index contributed by atoms with van der Waals surface area (Å²) in [5.41, 5.74) is 3.77. The van der Waals surface area contributed by atoms with Crippen molar-refractivity contribution >= 4 is 21.6 Å². The van der Waals surface area contributed by atoms with Crippen molar-refractivity contribution in [3.8, 4) is 11.8 Å². The Morgan fingerprint density at radius 1 is 1.44 bits per heavy atom. The maximum absolute atomic E-state index is 13.2. The van der Waals surface area contributed by atoms with Crippen LogP contribution < -0.4 is 10.5 Å². The highest BCUT2D eigenvalue weighted by Gasteiger charge is 2.33. The average molecular weight is 299 g/mol. The Morgan fingerprint density at radius 3 is 2.44 bits per heavy atom. The first-order valence-electron chi connectivity index (χ1n) is 3.69. The average Bonchev–Trinajstić information content (AvgIpc) is 2.13. The molecule has 3 nitrogen and oxygen atoms in total. The van der Waals surface area contributed by atoms with E-state index >= 15 is 0 Å². The third-order valence-electron chi connectivity index (χ3n) is 1.56. The predicted molar refractivity (Wildman–Crippen MR) is 49.9 cm³/mol. The molecule has 0 heterocycles. The molecule has 8 heteroatoms. The van der Waals surface area contributed by atoms with Crippen LogP contribution in [0.15, 0.2) is 10.5 Å². The smallest absolute Gasteiger partial charge is 0.403 e. The molecule has 1 aromatic rings. The molecule has 1 rings (SSSR count). The van der Waals surface area contributed by atoms with Crippen molar-refractivity contribution in [2.45, 2.75) is 6.36 Å². The van der Waals surface area contributed by atoms with Gasteiger partial charge in [-0.25, -0.2) is 4.39 Å². The number of nitrogens with two attached hydrogens (primary N) is 1. The van der Waals surface area contributed by atoms with Gasteiger partial charge in [-0.2, -0.15) is 5.26 Å². The first kappa shape index (κ1) is 12.6. The van der Waals surface area contributed by atoms with Gasteiger partial charge in [0.2, 0.25) is 0 Å². The topological polar surface area (TPSA) is 59.0 Å². The van der Waals surface area contributed by atoms with E-state index in [9.17, 15) is 17.6 Å². The Kier molecular flexibility index (Phi) is 3.28. The number of rotatable bonds is 1. The van der Waals surface area contributed by atoms with Gasteiger partial charge in [-0.1, -0.05) is 0 Å². The minimum atomic E-state index is -4.96. The summed E-state index contributed by atoms with van der Waals surface area (Å²) >= 11 is 2.65. The van der Waals surface area contributed by atoms with Gasteiger partial charge in [-0.15, -0.1) is 13.2 Å². The lowest BCUT2D eigenvalue weighted by molar-refractivity contribution is -0.274. The van der Waals surface area contributed by atoms with E-state index in [0.717, 1.165) is 0 Å². The first-order chi connectivity index (χ1) is 7.26. The minimum Gasteiger partial charge on any atom is -0.403 e. The van der Waals surface area contributed by atoms with Crippen LogP contribution in [-0.2, 0) is 0 Å². The fourth-order valence-corrected chi connectivity index (χ4v) is 1.34. The highest BCUT2D eigenvalue weighted by atomic mass is 79.9. The largest absolute Gasteiger partial charge is 0.573 e. The van der Waals surface area contributed by atoms with Gasteiger partial charge >= 0.3 is 6.36 Å². The van der Waals surface area contributed by atoms with E-state index in [2.05, 4.69) is 20.7 Å². The Bertz CT molecular complexity index is 467. The summed E-state index contributed by atoms with van der Waals surface area (Å²) in [5, 5.41) is 8.52. The summed E-state index contributed by atoms with van der Waals surface area (Å²) < 4.78 is 52.2. The van der Waals surface area contributed by atoms with E-state index in [-0.39, 0.29) is 4.47 Å². The van der Waals surface area contributed by atoms with Crippen molar-refractivity contribution in [2.75, 3.05) is 5.73 Å². The highest BCUT2D eigenvalue weighted by Crippen LogP contribution is 2.35. The van der Waals surface area contributed by atoms with Crippen molar-refractivity contribution in [2.24, 2.45) is 0 Å². The molecule has 86 valence electrons.